The Balaban J connectivity index is 0.00000288. The molecule has 1 aliphatic rings. The molecule has 2 rings (SSSR count). The van der Waals surface area contributed by atoms with E-state index in [0.717, 1.165) is 23.9 Å². The number of aliphatic imine (C=N–C) groups is 1. The maximum absolute atomic E-state index is 12.1. The van der Waals surface area contributed by atoms with Crippen molar-refractivity contribution in [1.29, 1.82) is 0 Å². The van der Waals surface area contributed by atoms with Crippen molar-refractivity contribution in [2.75, 3.05) is 34.2 Å². The van der Waals surface area contributed by atoms with Crippen LogP contribution in [0.2, 0.25) is 0 Å². The van der Waals surface area contributed by atoms with Crippen LogP contribution in [-0.4, -0.2) is 57.8 Å². The number of piperidine rings is 1. The van der Waals surface area contributed by atoms with Gasteiger partial charge in [-0.2, -0.15) is 0 Å². The second-order valence-electron chi connectivity index (χ2n) is 6.10. The molecule has 0 spiro atoms. The molecular weight excluding hydrogens is 459 g/mol. The predicted molar refractivity (Wildman–Crippen MR) is 111 cm³/mol. The first-order chi connectivity index (χ1) is 10.8. The third kappa shape index (κ3) is 5.30. The normalized spacial score (nSPS) is 19.3. The molecule has 0 aliphatic carbocycles. The van der Waals surface area contributed by atoms with Gasteiger partial charge in [-0.25, -0.2) is 12.7 Å². The van der Waals surface area contributed by atoms with E-state index in [1.165, 1.54) is 28.5 Å². The van der Waals surface area contributed by atoms with Crippen LogP contribution in [-0.2, 0) is 16.6 Å². The van der Waals surface area contributed by atoms with Crippen molar-refractivity contribution < 1.29 is 8.42 Å². The third-order valence-corrected chi connectivity index (χ3v) is 7.33. The van der Waals surface area contributed by atoms with E-state index in [-0.39, 0.29) is 24.0 Å². The minimum atomic E-state index is -3.34. The molecule has 1 saturated heterocycles. The third-order valence-electron chi connectivity index (χ3n) is 3.96. The second kappa shape index (κ2) is 9.35. The van der Waals surface area contributed by atoms with Gasteiger partial charge in [-0.1, -0.05) is 6.92 Å². The SMILES string of the molecule is CN=C(NCc1ccc(S(=O)(=O)N(C)C)s1)N1CCCC(C)C1.I. The van der Waals surface area contributed by atoms with Crippen LogP contribution in [0.25, 0.3) is 0 Å². The minimum absolute atomic E-state index is 0. The summed E-state index contributed by atoms with van der Waals surface area (Å²) in [6, 6.07) is 3.53. The van der Waals surface area contributed by atoms with Gasteiger partial charge in [0.2, 0.25) is 0 Å². The van der Waals surface area contributed by atoms with E-state index in [2.05, 4.69) is 22.1 Å². The van der Waals surface area contributed by atoms with E-state index in [9.17, 15) is 8.42 Å². The fraction of sp³-hybridized carbons (Fsp3) is 0.667. The Morgan fingerprint density at radius 3 is 2.75 bits per heavy atom. The Morgan fingerprint density at radius 2 is 2.17 bits per heavy atom. The summed E-state index contributed by atoms with van der Waals surface area (Å²) < 4.78 is 25.8. The van der Waals surface area contributed by atoms with E-state index < -0.39 is 10.0 Å². The lowest BCUT2D eigenvalue weighted by Crippen LogP contribution is -2.45. The maximum atomic E-state index is 12.1. The number of sulfonamides is 1. The zero-order valence-electron chi connectivity index (χ0n) is 14.7. The second-order valence-corrected chi connectivity index (χ2v) is 9.65. The number of likely N-dealkylation sites (tertiary alicyclic amines) is 1. The van der Waals surface area contributed by atoms with E-state index in [4.69, 9.17) is 0 Å². The lowest BCUT2D eigenvalue weighted by atomic mass is 10.0. The van der Waals surface area contributed by atoms with E-state index in [1.54, 1.807) is 27.2 Å². The van der Waals surface area contributed by atoms with Gasteiger partial charge in [0.25, 0.3) is 10.0 Å². The highest BCUT2D eigenvalue weighted by Gasteiger charge is 2.21. The highest BCUT2D eigenvalue weighted by molar-refractivity contribution is 14.0. The Kier molecular flexibility index (Phi) is 8.43. The molecule has 0 radical (unpaired) electrons. The number of hydrogen-bond acceptors (Lipinski definition) is 4. The Morgan fingerprint density at radius 1 is 1.46 bits per heavy atom. The molecule has 0 saturated carbocycles. The van der Waals surface area contributed by atoms with Crippen LogP contribution in [0.3, 0.4) is 0 Å². The van der Waals surface area contributed by atoms with E-state index in [0.29, 0.717) is 16.7 Å². The van der Waals surface area contributed by atoms with Gasteiger partial charge in [0, 0.05) is 39.1 Å². The standard InChI is InChI=1S/C15H26N4O2S2.HI/c1-12-6-5-9-19(11-12)15(16-2)17-10-13-7-8-14(22-13)23(20,21)18(3)4;/h7-8,12H,5-6,9-11H2,1-4H3,(H,16,17);1H. The van der Waals surface area contributed by atoms with E-state index in [1.807, 2.05) is 6.07 Å². The molecular formula is C15H27IN4O2S2. The Bertz CT molecular complexity index is 658. The van der Waals surface area contributed by atoms with Gasteiger partial charge >= 0.3 is 0 Å². The number of halogens is 1. The molecule has 138 valence electrons. The molecule has 1 atom stereocenters. The van der Waals surface area contributed by atoms with Gasteiger partial charge in [0.1, 0.15) is 4.21 Å². The first-order valence-electron chi connectivity index (χ1n) is 7.81. The van der Waals surface area contributed by atoms with Gasteiger partial charge in [-0.3, -0.25) is 4.99 Å². The van der Waals surface area contributed by atoms with Crippen LogP contribution in [0.1, 0.15) is 24.6 Å². The average Bonchev–Trinajstić information content (AvgIpc) is 2.97. The van der Waals surface area contributed by atoms with Crippen molar-refractivity contribution in [1.82, 2.24) is 14.5 Å². The zero-order valence-corrected chi connectivity index (χ0v) is 18.6. The summed E-state index contributed by atoms with van der Waals surface area (Å²) in [5.41, 5.74) is 0. The predicted octanol–water partition coefficient (Wildman–Crippen LogP) is 2.42. The molecule has 1 fully saturated rings. The van der Waals surface area contributed by atoms with Crippen LogP contribution < -0.4 is 5.32 Å². The molecule has 1 N–H and O–H groups in total. The number of nitrogens with zero attached hydrogens (tertiary/aromatic N) is 3. The summed E-state index contributed by atoms with van der Waals surface area (Å²) in [6.07, 6.45) is 2.45. The van der Waals surface area contributed by atoms with Crippen LogP contribution in [0.4, 0.5) is 0 Å². The highest BCUT2D eigenvalue weighted by Crippen LogP contribution is 2.23. The molecule has 1 aromatic rings. The van der Waals surface area contributed by atoms with Crippen molar-refractivity contribution >= 4 is 51.3 Å². The minimum Gasteiger partial charge on any atom is -0.351 e. The molecule has 6 nitrogen and oxygen atoms in total. The van der Waals surface area contributed by atoms with Crippen LogP contribution in [0.5, 0.6) is 0 Å². The Hall–Kier alpha value is -0.390. The van der Waals surface area contributed by atoms with Gasteiger partial charge in [0.15, 0.2) is 5.96 Å². The summed E-state index contributed by atoms with van der Waals surface area (Å²) in [5.74, 6) is 1.57. The molecule has 0 amide bonds. The molecule has 1 aliphatic heterocycles. The number of hydrogen-bond donors (Lipinski definition) is 1. The van der Waals surface area contributed by atoms with Crippen molar-refractivity contribution in [3.8, 4) is 0 Å². The van der Waals surface area contributed by atoms with Crippen molar-refractivity contribution in [3.63, 3.8) is 0 Å². The van der Waals surface area contributed by atoms with Gasteiger partial charge in [-0.05, 0) is 30.9 Å². The number of thiophene rings is 1. The summed E-state index contributed by atoms with van der Waals surface area (Å²) in [6.45, 7) is 4.89. The molecule has 9 heteroatoms. The molecule has 24 heavy (non-hydrogen) atoms. The summed E-state index contributed by atoms with van der Waals surface area (Å²) in [5, 5.41) is 3.35. The Labute approximate surface area is 166 Å². The van der Waals surface area contributed by atoms with Crippen LogP contribution in [0, 0.1) is 5.92 Å². The van der Waals surface area contributed by atoms with Crippen molar-refractivity contribution in [3.05, 3.63) is 17.0 Å². The quantitative estimate of drug-likeness (QED) is 0.404. The van der Waals surface area contributed by atoms with Crippen LogP contribution in [0.15, 0.2) is 21.3 Å². The van der Waals surface area contributed by atoms with Crippen molar-refractivity contribution in [2.24, 2.45) is 10.9 Å². The molecule has 2 heterocycles. The zero-order chi connectivity index (χ0) is 17.0. The summed E-state index contributed by atoms with van der Waals surface area (Å²) in [7, 11) is 1.54. The van der Waals surface area contributed by atoms with Crippen molar-refractivity contribution in [2.45, 2.75) is 30.5 Å². The molecule has 1 aromatic heterocycles. The smallest absolute Gasteiger partial charge is 0.252 e. The van der Waals surface area contributed by atoms with Gasteiger partial charge in [0.05, 0.1) is 6.54 Å². The topological polar surface area (TPSA) is 65.0 Å². The summed E-state index contributed by atoms with van der Waals surface area (Å²) >= 11 is 1.30. The first-order valence-corrected chi connectivity index (χ1v) is 10.1. The summed E-state index contributed by atoms with van der Waals surface area (Å²) in [4.78, 5) is 7.61. The number of rotatable bonds is 4. The average molecular weight is 486 g/mol. The fourth-order valence-corrected chi connectivity index (χ4v) is 5.12. The highest BCUT2D eigenvalue weighted by atomic mass is 127. The van der Waals surface area contributed by atoms with Gasteiger partial charge < -0.3 is 10.2 Å². The lowest BCUT2D eigenvalue weighted by molar-refractivity contribution is 0.266. The monoisotopic (exact) mass is 486 g/mol. The maximum Gasteiger partial charge on any atom is 0.252 e. The van der Waals surface area contributed by atoms with Gasteiger partial charge in [-0.15, -0.1) is 35.3 Å². The number of nitrogens with one attached hydrogen (secondary N) is 1. The lowest BCUT2D eigenvalue weighted by Gasteiger charge is -2.33. The van der Waals surface area contributed by atoms with E-state index >= 15 is 0 Å². The molecule has 0 bridgehead atoms. The largest absolute Gasteiger partial charge is 0.351 e. The molecule has 0 aromatic carbocycles. The number of guanidine groups is 1. The first kappa shape index (κ1) is 21.7. The van der Waals surface area contributed by atoms with Crippen LogP contribution >= 0.6 is 35.3 Å². The fourth-order valence-electron chi connectivity index (χ4n) is 2.65. The molecule has 1 unspecified atom stereocenters.